The smallest absolute Gasteiger partial charge is 0.225 e. The second kappa shape index (κ2) is 4.30. The molecule has 0 saturated heterocycles. The Hall–Kier alpha value is -0.570. The van der Waals surface area contributed by atoms with Gasteiger partial charge in [0.05, 0.1) is 6.10 Å². The molecular formula is C11H21NO2. The second-order valence-electron chi connectivity index (χ2n) is 5.22. The zero-order chi connectivity index (χ0) is 10.8. The fraction of sp³-hybridized carbons (Fsp3) is 0.909. The third-order valence-electron chi connectivity index (χ3n) is 2.82. The number of rotatable bonds is 2. The van der Waals surface area contributed by atoms with E-state index in [1.165, 1.54) is 0 Å². The molecule has 2 unspecified atom stereocenters. The second-order valence-corrected chi connectivity index (χ2v) is 5.22. The van der Waals surface area contributed by atoms with Crippen LogP contribution in [-0.4, -0.2) is 23.7 Å². The average molecular weight is 199 g/mol. The SMILES string of the molecule is CC(C)(C)C(=O)NCC1CCCC1O. The van der Waals surface area contributed by atoms with Crippen LogP contribution in [0.15, 0.2) is 0 Å². The number of carbonyl (C=O) groups is 1. The van der Waals surface area contributed by atoms with Gasteiger partial charge < -0.3 is 10.4 Å². The standard InChI is InChI=1S/C11H21NO2/c1-11(2,3)10(14)12-7-8-5-4-6-9(8)13/h8-9,13H,4-7H2,1-3H3,(H,12,14). The van der Waals surface area contributed by atoms with E-state index in [1.54, 1.807) is 0 Å². The number of hydrogen-bond donors (Lipinski definition) is 2. The summed E-state index contributed by atoms with van der Waals surface area (Å²) in [6.07, 6.45) is 2.79. The minimum Gasteiger partial charge on any atom is -0.393 e. The fourth-order valence-corrected chi connectivity index (χ4v) is 1.74. The molecule has 0 aromatic carbocycles. The Kier molecular flexibility index (Phi) is 3.53. The van der Waals surface area contributed by atoms with Crippen LogP contribution in [0.1, 0.15) is 40.0 Å². The molecular weight excluding hydrogens is 178 g/mol. The van der Waals surface area contributed by atoms with Gasteiger partial charge in [-0.15, -0.1) is 0 Å². The lowest BCUT2D eigenvalue weighted by atomic mass is 9.95. The van der Waals surface area contributed by atoms with E-state index in [2.05, 4.69) is 5.32 Å². The minimum atomic E-state index is -0.330. The monoisotopic (exact) mass is 199 g/mol. The molecule has 2 atom stereocenters. The summed E-state index contributed by atoms with van der Waals surface area (Å²) in [4.78, 5) is 11.5. The lowest BCUT2D eigenvalue weighted by Gasteiger charge is -2.21. The van der Waals surface area contributed by atoms with Crippen molar-refractivity contribution in [1.29, 1.82) is 0 Å². The Morgan fingerprint density at radius 1 is 1.43 bits per heavy atom. The summed E-state index contributed by atoms with van der Waals surface area (Å²) in [5.41, 5.74) is -0.330. The molecule has 1 saturated carbocycles. The van der Waals surface area contributed by atoms with Crippen molar-refractivity contribution in [3.8, 4) is 0 Å². The van der Waals surface area contributed by atoms with Gasteiger partial charge in [-0.25, -0.2) is 0 Å². The lowest BCUT2D eigenvalue weighted by Crippen LogP contribution is -2.39. The molecule has 0 aromatic heterocycles. The predicted octanol–water partition coefficient (Wildman–Crippen LogP) is 1.31. The Balaban J connectivity index is 2.30. The van der Waals surface area contributed by atoms with Gasteiger partial charge in [-0.1, -0.05) is 27.2 Å². The maximum absolute atomic E-state index is 11.5. The average Bonchev–Trinajstić information content (AvgIpc) is 2.45. The first-order chi connectivity index (χ1) is 6.41. The van der Waals surface area contributed by atoms with E-state index in [4.69, 9.17) is 0 Å². The van der Waals surface area contributed by atoms with Crippen molar-refractivity contribution in [2.45, 2.75) is 46.1 Å². The highest BCUT2D eigenvalue weighted by atomic mass is 16.3. The number of aliphatic hydroxyl groups excluding tert-OH is 1. The fourth-order valence-electron chi connectivity index (χ4n) is 1.74. The Morgan fingerprint density at radius 3 is 2.50 bits per heavy atom. The molecule has 82 valence electrons. The van der Waals surface area contributed by atoms with Crippen LogP contribution in [-0.2, 0) is 4.79 Å². The van der Waals surface area contributed by atoms with Crippen LogP contribution in [0.5, 0.6) is 0 Å². The molecule has 1 fully saturated rings. The van der Waals surface area contributed by atoms with E-state index in [0.29, 0.717) is 6.54 Å². The molecule has 1 aliphatic carbocycles. The van der Waals surface area contributed by atoms with Gasteiger partial charge in [0.1, 0.15) is 0 Å². The highest BCUT2D eigenvalue weighted by molar-refractivity contribution is 5.81. The molecule has 0 heterocycles. The van der Waals surface area contributed by atoms with Crippen LogP contribution in [0.3, 0.4) is 0 Å². The number of amides is 1. The molecule has 1 rings (SSSR count). The Bertz CT molecular complexity index is 208. The Labute approximate surface area is 85.9 Å². The number of nitrogens with one attached hydrogen (secondary N) is 1. The highest BCUT2D eigenvalue weighted by Crippen LogP contribution is 2.25. The summed E-state index contributed by atoms with van der Waals surface area (Å²) in [7, 11) is 0. The molecule has 3 nitrogen and oxygen atoms in total. The first-order valence-electron chi connectivity index (χ1n) is 5.37. The zero-order valence-corrected chi connectivity index (χ0v) is 9.34. The normalized spacial score (nSPS) is 27.7. The summed E-state index contributed by atoms with van der Waals surface area (Å²) in [5, 5.41) is 12.4. The molecule has 0 aliphatic heterocycles. The molecule has 0 radical (unpaired) electrons. The summed E-state index contributed by atoms with van der Waals surface area (Å²) in [5.74, 6) is 0.331. The van der Waals surface area contributed by atoms with Crippen LogP contribution < -0.4 is 5.32 Å². The van der Waals surface area contributed by atoms with Crippen molar-refractivity contribution in [1.82, 2.24) is 5.32 Å². The topological polar surface area (TPSA) is 49.3 Å². The van der Waals surface area contributed by atoms with Crippen LogP contribution in [0.25, 0.3) is 0 Å². The molecule has 2 N–H and O–H groups in total. The summed E-state index contributed by atoms with van der Waals surface area (Å²) >= 11 is 0. The molecule has 14 heavy (non-hydrogen) atoms. The van der Waals surface area contributed by atoms with E-state index in [9.17, 15) is 9.90 Å². The van der Waals surface area contributed by atoms with E-state index >= 15 is 0 Å². The Morgan fingerprint density at radius 2 is 2.07 bits per heavy atom. The quantitative estimate of drug-likeness (QED) is 0.704. The van der Waals surface area contributed by atoms with E-state index in [0.717, 1.165) is 19.3 Å². The first-order valence-corrected chi connectivity index (χ1v) is 5.37. The van der Waals surface area contributed by atoms with Crippen LogP contribution in [0.2, 0.25) is 0 Å². The van der Waals surface area contributed by atoms with Crippen molar-refractivity contribution < 1.29 is 9.90 Å². The highest BCUT2D eigenvalue weighted by Gasteiger charge is 2.27. The number of hydrogen-bond acceptors (Lipinski definition) is 2. The third-order valence-corrected chi connectivity index (χ3v) is 2.82. The van der Waals surface area contributed by atoms with Crippen molar-refractivity contribution in [3.05, 3.63) is 0 Å². The lowest BCUT2D eigenvalue weighted by molar-refractivity contribution is -0.128. The van der Waals surface area contributed by atoms with Gasteiger partial charge in [0.15, 0.2) is 0 Å². The predicted molar refractivity (Wildman–Crippen MR) is 55.8 cm³/mol. The molecule has 0 bridgehead atoms. The van der Waals surface area contributed by atoms with Gasteiger partial charge in [-0.05, 0) is 12.8 Å². The summed E-state index contributed by atoms with van der Waals surface area (Å²) in [6.45, 7) is 6.31. The summed E-state index contributed by atoms with van der Waals surface area (Å²) < 4.78 is 0. The number of carbonyl (C=O) groups excluding carboxylic acids is 1. The molecule has 0 spiro atoms. The molecule has 0 aromatic rings. The largest absolute Gasteiger partial charge is 0.393 e. The van der Waals surface area contributed by atoms with E-state index in [-0.39, 0.29) is 23.3 Å². The van der Waals surface area contributed by atoms with Crippen LogP contribution >= 0.6 is 0 Å². The molecule has 1 aliphatic rings. The molecule has 1 amide bonds. The van der Waals surface area contributed by atoms with Gasteiger partial charge in [0.2, 0.25) is 5.91 Å². The van der Waals surface area contributed by atoms with Gasteiger partial charge in [0, 0.05) is 17.9 Å². The zero-order valence-electron chi connectivity index (χ0n) is 9.34. The van der Waals surface area contributed by atoms with Crippen molar-refractivity contribution in [2.75, 3.05) is 6.54 Å². The van der Waals surface area contributed by atoms with E-state index in [1.807, 2.05) is 20.8 Å². The van der Waals surface area contributed by atoms with Crippen LogP contribution in [0, 0.1) is 11.3 Å². The van der Waals surface area contributed by atoms with Gasteiger partial charge >= 0.3 is 0 Å². The van der Waals surface area contributed by atoms with Gasteiger partial charge in [-0.2, -0.15) is 0 Å². The van der Waals surface area contributed by atoms with Crippen molar-refractivity contribution in [2.24, 2.45) is 11.3 Å². The van der Waals surface area contributed by atoms with E-state index < -0.39 is 0 Å². The first kappa shape index (κ1) is 11.5. The van der Waals surface area contributed by atoms with Gasteiger partial charge in [-0.3, -0.25) is 4.79 Å². The van der Waals surface area contributed by atoms with Crippen molar-refractivity contribution >= 4 is 5.91 Å². The van der Waals surface area contributed by atoms with Crippen molar-refractivity contribution in [3.63, 3.8) is 0 Å². The minimum absolute atomic E-state index is 0.0663. The van der Waals surface area contributed by atoms with Gasteiger partial charge in [0.25, 0.3) is 0 Å². The molecule has 3 heteroatoms. The van der Waals surface area contributed by atoms with Crippen LogP contribution in [0.4, 0.5) is 0 Å². The third kappa shape index (κ3) is 2.98. The maximum Gasteiger partial charge on any atom is 0.225 e. The summed E-state index contributed by atoms with van der Waals surface area (Å²) in [6, 6.07) is 0. The number of aliphatic hydroxyl groups is 1. The maximum atomic E-state index is 11.5.